The van der Waals surface area contributed by atoms with Gasteiger partial charge >= 0.3 is 0 Å². The number of amides is 1. The summed E-state index contributed by atoms with van der Waals surface area (Å²) in [6, 6.07) is 2.16. The lowest BCUT2D eigenvalue weighted by Gasteiger charge is -2.18. The average molecular weight is 254 g/mol. The van der Waals surface area contributed by atoms with Crippen molar-refractivity contribution in [2.75, 3.05) is 0 Å². The van der Waals surface area contributed by atoms with Crippen molar-refractivity contribution in [1.29, 1.82) is 5.26 Å². The van der Waals surface area contributed by atoms with Crippen LogP contribution < -0.4 is 16.2 Å². The lowest BCUT2D eigenvalue weighted by molar-refractivity contribution is -0.120. The number of thiocarbonyl (C=S) groups is 1. The number of carbonyl (C=O) groups excluding carboxylic acids is 1. The highest BCUT2D eigenvalue weighted by molar-refractivity contribution is 7.80. The lowest BCUT2D eigenvalue weighted by Crippen LogP contribution is -2.49. The molecule has 0 aromatic heterocycles. The third kappa shape index (κ3) is 6.07. The van der Waals surface area contributed by atoms with Crippen molar-refractivity contribution in [2.45, 2.75) is 51.0 Å². The Labute approximate surface area is 107 Å². The molecule has 6 heteroatoms. The first-order chi connectivity index (χ1) is 8.22. The van der Waals surface area contributed by atoms with Crippen LogP contribution in [0.2, 0.25) is 0 Å². The zero-order valence-corrected chi connectivity index (χ0v) is 10.6. The van der Waals surface area contributed by atoms with Crippen molar-refractivity contribution >= 4 is 23.2 Å². The van der Waals surface area contributed by atoms with Crippen LogP contribution in [0.3, 0.4) is 0 Å². The van der Waals surface area contributed by atoms with Crippen LogP contribution in [0.5, 0.6) is 0 Å². The molecule has 0 saturated heterocycles. The maximum Gasteiger partial charge on any atom is 0.252 e. The zero-order valence-electron chi connectivity index (χ0n) is 9.79. The molecule has 3 N–H and O–H groups in total. The van der Waals surface area contributed by atoms with Gasteiger partial charge in [-0.2, -0.15) is 5.26 Å². The van der Waals surface area contributed by atoms with E-state index in [4.69, 9.17) is 17.5 Å². The van der Waals surface area contributed by atoms with Gasteiger partial charge in [-0.1, -0.05) is 25.7 Å². The van der Waals surface area contributed by atoms with Crippen LogP contribution >= 0.6 is 12.2 Å². The Morgan fingerprint density at radius 3 is 2.47 bits per heavy atom. The Morgan fingerprint density at radius 2 is 1.88 bits per heavy atom. The van der Waals surface area contributed by atoms with Gasteiger partial charge in [0.15, 0.2) is 5.11 Å². The van der Waals surface area contributed by atoms with Crippen LogP contribution in [-0.4, -0.2) is 17.1 Å². The Hall–Kier alpha value is -1.35. The normalized spacial score (nSPS) is 16.4. The predicted octanol–water partition coefficient (Wildman–Crippen LogP) is 1.12. The highest BCUT2D eigenvalue weighted by Gasteiger charge is 2.12. The summed E-state index contributed by atoms with van der Waals surface area (Å²) in [5.74, 6) is -0.377. The van der Waals surface area contributed by atoms with Gasteiger partial charge in [0.05, 0.1) is 6.07 Å². The molecule has 0 aromatic rings. The van der Waals surface area contributed by atoms with Gasteiger partial charge < -0.3 is 5.32 Å². The Kier molecular flexibility index (Phi) is 6.33. The van der Waals surface area contributed by atoms with Gasteiger partial charge in [-0.25, -0.2) is 0 Å². The second kappa shape index (κ2) is 7.85. The van der Waals surface area contributed by atoms with E-state index in [0.29, 0.717) is 11.2 Å². The van der Waals surface area contributed by atoms with E-state index in [1.54, 1.807) is 6.07 Å². The van der Waals surface area contributed by atoms with E-state index < -0.39 is 0 Å². The molecule has 0 atom stereocenters. The predicted molar refractivity (Wildman–Crippen MR) is 68.7 cm³/mol. The maximum absolute atomic E-state index is 11.0. The summed E-state index contributed by atoms with van der Waals surface area (Å²) < 4.78 is 0. The molecule has 0 heterocycles. The number of nitrogens with zero attached hydrogens (tertiary/aromatic N) is 1. The molecule has 1 rings (SSSR count). The van der Waals surface area contributed by atoms with Crippen LogP contribution in [0.1, 0.15) is 44.9 Å². The van der Waals surface area contributed by atoms with Gasteiger partial charge in [0.1, 0.15) is 6.42 Å². The summed E-state index contributed by atoms with van der Waals surface area (Å²) in [5, 5.41) is 11.9. The van der Waals surface area contributed by atoms with Crippen molar-refractivity contribution in [3.05, 3.63) is 0 Å². The second-order valence-electron chi connectivity index (χ2n) is 4.17. The number of carbonyl (C=O) groups is 1. The lowest BCUT2D eigenvalue weighted by atomic mass is 10.1. The highest BCUT2D eigenvalue weighted by atomic mass is 32.1. The Balaban J connectivity index is 2.19. The first kappa shape index (κ1) is 13.7. The van der Waals surface area contributed by atoms with E-state index in [2.05, 4.69) is 16.2 Å². The van der Waals surface area contributed by atoms with Crippen molar-refractivity contribution in [1.82, 2.24) is 16.2 Å². The van der Waals surface area contributed by atoms with Crippen molar-refractivity contribution in [3.8, 4) is 6.07 Å². The smallest absolute Gasteiger partial charge is 0.252 e. The third-order valence-electron chi connectivity index (χ3n) is 2.75. The van der Waals surface area contributed by atoms with Crippen molar-refractivity contribution in [2.24, 2.45) is 0 Å². The summed E-state index contributed by atoms with van der Waals surface area (Å²) in [4.78, 5) is 11.0. The molecule has 1 aliphatic carbocycles. The molecule has 1 fully saturated rings. The fourth-order valence-electron chi connectivity index (χ4n) is 1.89. The fourth-order valence-corrected chi connectivity index (χ4v) is 2.11. The molecule has 1 saturated carbocycles. The molecule has 0 bridgehead atoms. The summed E-state index contributed by atoms with van der Waals surface area (Å²) in [5.41, 5.74) is 4.98. The van der Waals surface area contributed by atoms with Crippen molar-refractivity contribution < 1.29 is 4.79 Å². The maximum atomic E-state index is 11.0. The van der Waals surface area contributed by atoms with Crippen LogP contribution in [0, 0.1) is 11.3 Å². The van der Waals surface area contributed by atoms with E-state index in [-0.39, 0.29) is 12.3 Å². The minimum Gasteiger partial charge on any atom is -0.359 e. The summed E-state index contributed by atoms with van der Waals surface area (Å²) in [6.45, 7) is 0. The number of nitriles is 1. The number of rotatable bonds is 2. The third-order valence-corrected chi connectivity index (χ3v) is 2.97. The first-order valence-corrected chi connectivity index (χ1v) is 6.35. The standard InChI is InChI=1S/C11H18N4OS/c12-8-7-10(16)14-15-11(17)13-9-5-3-1-2-4-6-9/h9H,1-7H2,(H,14,16)(H2,13,15,17). The van der Waals surface area contributed by atoms with E-state index in [1.807, 2.05) is 0 Å². The summed E-state index contributed by atoms with van der Waals surface area (Å²) >= 11 is 5.06. The molecule has 0 radical (unpaired) electrons. The topological polar surface area (TPSA) is 77.0 Å². The first-order valence-electron chi connectivity index (χ1n) is 5.94. The van der Waals surface area contributed by atoms with Crippen LogP contribution in [0.4, 0.5) is 0 Å². The minimum absolute atomic E-state index is 0.168. The molecule has 0 aromatic carbocycles. The van der Waals surface area contributed by atoms with E-state index in [0.717, 1.165) is 12.8 Å². The summed E-state index contributed by atoms with van der Waals surface area (Å²) in [6.07, 6.45) is 7.09. The largest absolute Gasteiger partial charge is 0.359 e. The molecule has 0 spiro atoms. The molecule has 94 valence electrons. The average Bonchev–Trinajstić information content (AvgIpc) is 2.55. The van der Waals surface area contributed by atoms with Crippen LogP contribution in [0.15, 0.2) is 0 Å². The molecule has 5 nitrogen and oxygen atoms in total. The number of hydrogen-bond donors (Lipinski definition) is 3. The molecule has 1 amide bonds. The monoisotopic (exact) mass is 254 g/mol. The summed E-state index contributed by atoms with van der Waals surface area (Å²) in [7, 11) is 0. The fraction of sp³-hybridized carbons (Fsp3) is 0.727. The van der Waals surface area contributed by atoms with Crippen molar-refractivity contribution in [3.63, 3.8) is 0 Å². The van der Waals surface area contributed by atoms with Gasteiger partial charge in [0.25, 0.3) is 5.91 Å². The van der Waals surface area contributed by atoms with Crippen LogP contribution in [-0.2, 0) is 4.79 Å². The second-order valence-corrected chi connectivity index (χ2v) is 4.58. The quantitative estimate of drug-likeness (QED) is 0.391. The molecular formula is C11H18N4OS. The van der Waals surface area contributed by atoms with E-state index >= 15 is 0 Å². The number of hydrazine groups is 1. The van der Waals surface area contributed by atoms with Gasteiger partial charge in [-0.3, -0.25) is 15.6 Å². The van der Waals surface area contributed by atoms with E-state index in [1.165, 1.54) is 25.7 Å². The highest BCUT2D eigenvalue weighted by Crippen LogP contribution is 2.16. The number of nitrogens with one attached hydrogen (secondary N) is 3. The van der Waals surface area contributed by atoms with Crippen LogP contribution in [0.25, 0.3) is 0 Å². The SMILES string of the molecule is N#CCC(=O)NNC(=S)NC1CCCCCC1. The van der Waals surface area contributed by atoms with Gasteiger partial charge in [0.2, 0.25) is 0 Å². The Bertz CT molecular complexity index is 305. The van der Waals surface area contributed by atoms with Gasteiger partial charge in [-0.15, -0.1) is 0 Å². The zero-order chi connectivity index (χ0) is 12.5. The molecular weight excluding hydrogens is 236 g/mol. The Morgan fingerprint density at radius 1 is 1.24 bits per heavy atom. The van der Waals surface area contributed by atoms with E-state index in [9.17, 15) is 4.79 Å². The molecule has 0 aliphatic heterocycles. The van der Waals surface area contributed by atoms with Gasteiger partial charge in [-0.05, 0) is 25.1 Å². The molecule has 17 heavy (non-hydrogen) atoms. The molecule has 1 aliphatic rings. The minimum atomic E-state index is -0.377. The molecule has 0 unspecified atom stereocenters. The van der Waals surface area contributed by atoms with Gasteiger partial charge in [0, 0.05) is 6.04 Å². The number of hydrogen-bond acceptors (Lipinski definition) is 3.